The van der Waals surface area contributed by atoms with Crippen molar-refractivity contribution in [2.24, 2.45) is 0 Å². The number of nitrogens with zero attached hydrogens (tertiary/aromatic N) is 1. The summed E-state index contributed by atoms with van der Waals surface area (Å²) in [5.41, 5.74) is 3.01. The molecule has 2 N–H and O–H groups in total. The highest BCUT2D eigenvalue weighted by Crippen LogP contribution is 2.24. The number of nitrogens with one attached hydrogen (secondary N) is 2. The van der Waals surface area contributed by atoms with Crippen LogP contribution >= 0.6 is 0 Å². The van der Waals surface area contributed by atoms with E-state index < -0.39 is 11.0 Å². The average molecular weight is 361 g/mol. The van der Waals surface area contributed by atoms with Gasteiger partial charge in [-0.1, -0.05) is 54.1 Å². The molecular weight excluding hydrogens is 342 g/mol. The summed E-state index contributed by atoms with van der Waals surface area (Å²) in [5.74, 6) is -0.253. The Morgan fingerprint density at radius 1 is 0.926 bits per heavy atom. The van der Waals surface area contributed by atoms with Gasteiger partial charge in [0.15, 0.2) is 0 Å². The molecule has 3 aromatic carbocycles. The number of hydrogen-bond donors (Lipinski definition) is 2. The minimum Gasteiger partial charge on any atom is -0.370 e. The van der Waals surface area contributed by atoms with Gasteiger partial charge in [-0.2, -0.15) is 0 Å². The van der Waals surface area contributed by atoms with Crippen molar-refractivity contribution in [3.63, 3.8) is 0 Å². The molecule has 0 saturated carbocycles. The summed E-state index contributed by atoms with van der Waals surface area (Å²) < 4.78 is 0. The lowest BCUT2D eigenvalue weighted by atomic mass is 10.1. The zero-order valence-corrected chi connectivity index (χ0v) is 14.8. The van der Waals surface area contributed by atoms with E-state index in [0.717, 1.165) is 11.1 Å². The number of carbonyl (C=O) groups excluding carboxylic acids is 1. The van der Waals surface area contributed by atoms with E-state index in [-0.39, 0.29) is 11.6 Å². The Bertz CT molecular complexity index is 940. The Labute approximate surface area is 157 Å². The number of carbonyl (C=O) groups is 1. The lowest BCUT2D eigenvalue weighted by molar-refractivity contribution is -0.384. The first-order valence-electron chi connectivity index (χ1n) is 8.46. The van der Waals surface area contributed by atoms with Crippen LogP contribution in [-0.4, -0.2) is 10.8 Å². The van der Waals surface area contributed by atoms with Crippen molar-refractivity contribution in [3.8, 4) is 0 Å². The molecule has 0 aliphatic heterocycles. The van der Waals surface area contributed by atoms with Gasteiger partial charge in [-0.05, 0) is 30.7 Å². The number of hydrogen-bond acceptors (Lipinski definition) is 4. The molecule has 0 saturated heterocycles. The maximum atomic E-state index is 12.9. The number of nitro benzene ring substituents is 1. The highest BCUT2D eigenvalue weighted by Gasteiger charge is 2.21. The van der Waals surface area contributed by atoms with Gasteiger partial charge < -0.3 is 10.6 Å². The van der Waals surface area contributed by atoms with Crippen LogP contribution in [0.4, 0.5) is 17.1 Å². The number of non-ortho nitro benzene ring substituents is 1. The molecule has 27 heavy (non-hydrogen) atoms. The van der Waals surface area contributed by atoms with E-state index in [1.807, 2.05) is 61.5 Å². The van der Waals surface area contributed by atoms with Crippen molar-refractivity contribution < 1.29 is 9.72 Å². The molecule has 6 nitrogen and oxygen atoms in total. The van der Waals surface area contributed by atoms with Crippen molar-refractivity contribution >= 4 is 23.0 Å². The predicted octanol–water partition coefficient (Wildman–Crippen LogP) is 4.70. The lowest BCUT2D eigenvalue weighted by Crippen LogP contribution is -2.27. The zero-order valence-electron chi connectivity index (χ0n) is 14.8. The highest BCUT2D eigenvalue weighted by atomic mass is 16.6. The quantitative estimate of drug-likeness (QED) is 0.492. The second kappa shape index (κ2) is 8.14. The van der Waals surface area contributed by atoms with Crippen LogP contribution in [0.1, 0.15) is 17.2 Å². The molecule has 1 amide bonds. The first-order valence-corrected chi connectivity index (χ1v) is 8.46. The summed E-state index contributed by atoms with van der Waals surface area (Å²) in [5, 5.41) is 17.0. The molecule has 3 rings (SSSR count). The molecule has 0 spiro atoms. The van der Waals surface area contributed by atoms with E-state index in [0.29, 0.717) is 11.4 Å². The largest absolute Gasteiger partial charge is 0.370 e. The summed E-state index contributed by atoms with van der Waals surface area (Å²) in [7, 11) is 0. The second-order valence-corrected chi connectivity index (χ2v) is 6.15. The number of rotatable bonds is 6. The number of amides is 1. The maximum absolute atomic E-state index is 12.9. The minimum absolute atomic E-state index is 0.0363. The molecule has 1 atom stereocenters. The number of aryl methyl sites for hydroxylation is 1. The first kappa shape index (κ1) is 18.1. The minimum atomic E-state index is -0.700. The number of benzene rings is 3. The summed E-state index contributed by atoms with van der Waals surface area (Å²) in [6.45, 7) is 1.97. The fraction of sp³-hybridized carbons (Fsp3) is 0.0952. The van der Waals surface area contributed by atoms with Gasteiger partial charge in [0.1, 0.15) is 6.04 Å². The monoisotopic (exact) mass is 361 g/mol. The third-order valence-electron chi connectivity index (χ3n) is 4.08. The average Bonchev–Trinajstić information content (AvgIpc) is 2.68. The van der Waals surface area contributed by atoms with Crippen LogP contribution in [-0.2, 0) is 4.79 Å². The predicted molar refractivity (Wildman–Crippen MR) is 106 cm³/mol. The van der Waals surface area contributed by atoms with Crippen molar-refractivity contribution in [3.05, 3.63) is 100 Å². The topological polar surface area (TPSA) is 84.3 Å². The molecule has 0 radical (unpaired) electrons. The van der Waals surface area contributed by atoms with Crippen LogP contribution in [0, 0.1) is 17.0 Å². The normalized spacial score (nSPS) is 11.4. The third kappa shape index (κ3) is 4.70. The van der Waals surface area contributed by atoms with E-state index in [9.17, 15) is 14.9 Å². The fourth-order valence-electron chi connectivity index (χ4n) is 2.67. The summed E-state index contributed by atoms with van der Waals surface area (Å²) in [6.07, 6.45) is 0. The molecule has 6 heteroatoms. The van der Waals surface area contributed by atoms with Gasteiger partial charge in [-0.25, -0.2) is 0 Å². The molecule has 0 bridgehead atoms. The van der Waals surface area contributed by atoms with Gasteiger partial charge in [0.05, 0.1) is 4.92 Å². The first-order chi connectivity index (χ1) is 13.0. The van der Waals surface area contributed by atoms with E-state index in [2.05, 4.69) is 10.6 Å². The van der Waals surface area contributed by atoms with Gasteiger partial charge in [0, 0.05) is 23.5 Å². The molecule has 0 aromatic heterocycles. The smallest absolute Gasteiger partial charge is 0.271 e. The van der Waals surface area contributed by atoms with Crippen LogP contribution in [0.2, 0.25) is 0 Å². The lowest BCUT2D eigenvalue weighted by Gasteiger charge is -2.20. The third-order valence-corrected chi connectivity index (χ3v) is 4.08. The molecular formula is C21H19N3O3. The van der Waals surface area contributed by atoms with E-state index in [1.165, 1.54) is 12.1 Å². The Kier molecular flexibility index (Phi) is 5.47. The van der Waals surface area contributed by atoms with Gasteiger partial charge in [-0.15, -0.1) is 0 Å². The van der Waals surface area contributed by atoms with Gasteiger partial charge >= 0.3 is 0 Å². The number of anilines is 2. The Morgan fingerprint density at radius 2 is 1.63 bits per heavy atom. The standard InChI is InChI=1S/C21H19N3O3/c1-15-10-12-17(13-11-15)23-21(25)20(16-6-3-2-4-7-16)22-18-8-5-9-19(14-18)24(26)27/h2-14,20,22H,1H3,(H,23,25)/t20-/m1/s1. The zero-order chi connectivity index (χ0) is 19.2. The van der Waals surface area contributed by atoms with Crippen LogP contribution in [0.25, 0.3) is 0 Å². The Hall–Kier alpha value is -3.67. The van der Waals surface area contributed by atoms with Crippen LogP contribution in [0.15, 0.2) is 78.9 Å². The van der Waals surface area contributed by atoms with Crippen LogP contribution in [0.5, 0.6) is 0 Å². The van der Waals surface area contributed by atoms with E-state index >= 15 is 0 Å². The van der Waals surface area contributed by atoms with Gasteiger partial charge in [0.2, 0.25) is 0 Å². The molecule has 0 aliphatic rings. The number of nitro groups is 1. The highest BCUT2D eigenvalue weighted by molar-refractivity contribution is 5.97. The Morgan fingerprint density at radius 3 is 2.30 bits per heavy atom. The summed E-state index contributed by atoms with van der Waals surface area (Å²) in [4.78, 5) is 23.5. The Balaban J connectivity index is 1.87. The molecule has 0 unspecified atom stereocenters. The maximum Gasteiger partial charge on any atom is 0.271 e. The summed E-state index contributed by atoms with van der Waals surface area (Å²) >= 11 is 0. The van der Waals surface area contributed by atoms with Crippen molar-refractivity contribution in [2.75, 3.05) is 10.6 Å². The van der Waals surface area contributed by atoms with Crippen LogP contribution < -0.4 is 10.6 Å². The SMILES string of the molecule is Cc1ccc(NC(=O)[C@H](Nc2cccc([N+](=O)[O-])c2)c2ccccc2)cc1. The summed E-state index contributed by atoms with van der Waals surface area (Å²) in [6, 6.07) is 22.1. The van der Waals surface area contributed by atoms with Crippen molar-refractivity contribution in [1.82, 2.24) is 0 Å². The van der Waals surface area contributed by atoms with E-state index in [4.69, 9.17) is 0 Å². The molecule has 3 aromatic rings. The van der Waals surface area contributed by atoms with E-state index in [1.54, 1.807) is 12.1 Å². The van der Waals surface area contributed by atoms with Crippen molar-refractivity contribution in [1.29, 1.82) is 0 Å². The fourth-order valence-corrected chi connectivity index (χ4v) is 2.67. The molecule has 0 fully saturated rings. The van der Waals surface area contributed by atoms with Crippen molar-refractivity contribution in [2.45, 2.75) is 13.0 Å². The van der Waals surface area contributed by atoms with Gasteiger partial charge in [0.25, 0.3) is 11.6 Å². The van der Waals surface area contributed by atoms with Gasteiger partial charge in [-0.3, -0.25) is 14.9 Å². The van der Waals surface area contributed by atoms with Crippen LogP contribution in [0.3, 0.4) is 0 Å². The molecule has 0 aliphatic carbocycles. The molecule has 0 heterocycles. The second-order valence-electron chi connectivity index (χ2n) is 6.15. The molecule has 136 valence electrons.